The summed E-state index contributed by atoms with van der Waals surface area (Å²) in [6.07, 6.45) is 0. The van der Waals surface area contributed by atoms with E-state index in [1.54, 1.807) is 35.9 Å². The molecular formula is C29H27ClN6O5S. The number of hydrogen-bond donors (Lipinski definition) is 2. The first kappa shape index (κ1) is 29.0. The fourth-order valence-electron chi connectivity index (χ4n) is 4.61. The van der Waals surface area contributed by atoms with Crippen molar-refractivity contribution in [3.8, 4) is 11.5 Å². The summed E-state index contributed by atoms with van der Waals surface area (Å²) in [4.78, 5) is 29.9. The molecule has 0 saturated carbocycles. The van der Waals surface area contributed by atoms with Crippen LogP contribution in [0.1, 0.15) is 31.0 Å². The predicted octanol–water partition coefficient (Wildman–Crippen LogP) is 6.47. The highest BCUT2D eigenvalue weighted by Crippen LogP contribution is 2.40. The van der Waals surface area contributed by atoms with Crippen LogP contribution in [-0.2, 0) is 10.5 Å². The minimum Gasteiger partial charge on any atom is -0.492 e. The summed E-state index contributed by atoms with van der Waals surface area (Å²) < 4.78 is 12.5. The molecule has 0 radical (unpaired) electrons. The van der Waals surface area contributed by atoms with Crippen LogP contribution in [0, 0.1) is 10.1 Å². The van der Waals surface area contributed by atoms with E-state index in [1.165, 1.54) is 31.0 Å². The second kappa shape index (κ2) is 12.5. The average Bonchev–Trinajstić information content (AvgIpc) is 3.39. The largest absolute Gasteiger partial charge is 0.492 e. The molecule has 3 aromatic carbocycles. The Morgan fingerprint density at radius 3 is 2.67 bits per heavy atom. The lowest BCUT2D eigenvalue weighted by molar-refractivity contribution is -0.385. The van der Waals surface area contributed by atoms with Gasteiger partial charge in [-0.3, -0.25) is 14.9 Å². The molecule has 1 aliphatic rings. The predicted molar refractivity (Wildman–Crippen MR) is 161 cm³/mol. The van der Waals surface area contributed by atoms with Crippen LogP contribution in [0.25, 0.3) is 0 Å². The summed E-state index contributed by atoms with van der Waals surface area (Å²) in [6.45, 7) is 4.03. The minimum absolute atomic E-state index is 0.102. The van der Waals surface area contributed by atoms with E-state index in [1.807, 2.05) is 37.3 Å². The zero-order chi connectivity index (χ0) is 29.8. The second-order valence-corrected chi connectivity index (χ2v) is 10.5. The second-order valence-electron chi connectivity index (χ2n) is 9.18. The van der Waals surface area contributed by atoms with Crippen molar-refractivity contribution in [3.63, 3.8) is 0 Å². The maximum absolute atomic E-state index is 13.9. The van der Waals surface area contributed by atoms with E-state index in [0.29, 0.717) is 56.8 Å². The number of halogens is 1. The van der Waals surface area contributed by atoms with Gasteiger partial charge in [0, 0.05) is 22.5 Å². The lowest BCUT2D eigenvalue weighted by atomic mass is 9.94. The van der Waals surface area contributed by atoms with Gasteiger partial charge >= 0.3 is 5.69 Å². The van der Waals surface area contributed by atoms with Crippen LogP contribution in [-0.4, -0.2) is 39.3 Å². The molecule has 1 aliphatic heterocycles. The number of carbonyl (C=O) groups is 1. The topological polar surface area (TPSA) is 133 Å². The molecule has 11 nitrogen and oxygen atoms in total. The van der Waals surface area contributed by atoms with Crippen LogP contribution in [0.2, 0.25) is 5.02 Å². The summed E-state index contributed by atoms with van der Waals surface area (Å²) in [5, 5.41) is 23.8. The zero-order valence-electron chi connectivity index (χ0n) is 23.0. The molecule has 2 heterocycles. The number of thioether (sulfide) groups is 1. The third kappa shape index (κ3) is 5.90. The fraction of sp³-hybridized carbons (Fsp3) is 0.207. The number of nitrogens with one attached hydrogen (secondary N) is 2. The minimum atomic E-state index is -0.840. The van der Waals surface area contributed by atoms with Crippen molar-refractivity contribution in [1.82, 2.24) is 14.8 Å². The first-order valence-electron chi connectivity index (χ1n) is 13.0. The van der Waals surface area contributed by atoms with Gasteiger partial charge in [-0.1, -0.05) is 59.8 Å². The van der Waals surface area contributed by atoms with Gasteiger partial charge in [-0.15, -0.1) is 5.10 Å². The van der Waals surface area contributed by atoms with Crippen molar-refractivity contribution >= 4 is 46.6 Å². The Bertz CT molecular complexity index is 1690. The van der Waals surface area contributed by atoms with E-state index in [4.69, 9.17) is 26.2 Å². The molecule has 0 spiro atoms. The van der Waals surface area contributed by atoms with Crippen LogP contribution in [0.5, 0.6) is 11.5 Å². The monoisotopic (exact) mass is 606 g/mol. The molecule has 0 bridgehead atoms. The van der Waals surface area contributed by atoms with Gasteiger partial charge in [-0.25, -0.2) is 4.68 Å². The normalized spacial score (nSPS) is 14.1. The van der Waals surface area contributed by atoms with Gasteiger partial charge < -0.3 is 20.1 Å². The number of methoxy groups -OCH3 is 1. The molecule has 42 heavy (non-hydrogen) atoms. The average molecular weight is 607 g/mol. The van der Waals surface area contributed by atoms with Crippen molar-refractivity contribution in [2.75, 3.05) is 24.4 Å². The van der Waals surface area contributed by atoms with Crippen molar-refractivity contribution in [2.45, 2.75) is 30.8 Å². The van der Waals surface area contributed by atoms with Gasteiger partial charge in [0.2, 0.25) is 11.1 Å². The van der Waals surface area contributed by atoms with Crippen LogP contribution in [0.3, 0.4) is 0 Å². The number of hydrogen-bond acceptors (Lipinski definition) is 9. The van der Waals surface area contributed by atoms with E-state index in [9.17, 15) is 14.9 Å². The van der Waals surface area contributed by atoms with Gasteiger partial charge in [0.25, 0.3) is 5.91 Å². The number of rotatable bonds is 10. The summed E-state index contributed by atoms with van der Waals surface area (Å²) in [6, 6.07) is 18.4. The SMILES string of the molecule is CCOc1ccccc1NC(=O)C1=C(C)Nc2nc(SCc3ccccc3Cl)nn2C1c1ccc(OC)c([N+](=O)[O-])c1. The number of fused-ring (bicyclic) bond motifs is 1. The van der Waals surface area contributed by atoms with Gasteiger partial charge in [0.15, 0.2) is 5.75 Å². The Kier molecular flexibility index (Phi) is 8.64. The van der Waals surface area contributed by atoms with Crippen LogP contribution in [0.4, 0.5) is 17.3 Å². The number of nitro benzene ring substituents is 1. The quantitative estimate of drug-likeness (QED) is 0.118. The molecule has 1 unspecified atom stereocenters. The van der Waals surface area contributed by atoms with Gasteiger partial charge in [-0.05, 0) is 49.2 Å². The molecule has 0 aliphatic carbocycles. The first-order chi connectivity index (χ1) is 20.3. The molecule has 5 rings (SSSR count). The Morgan fingerprint density at radius 1 is 1.17 bits per heavy atom. The van der Waals surface area contributed by atoms with Gasteiger partial charge in [0.1, 0.15) is 11.8 Å². The number of anilines is 2. The van der Waals surface area contributed by atoms with E-state index in [0.717, 1.165) is 5.56 Å². The highest BCUT2D eigenvalue weighted by atomic mass is 35.5. The van der Waals surface area contributed by atoms with Crippen molar-refractivity contribution in [3.05, 3.63) is 104 Å². The Hall–Kier alpha value is -4.55. The highest BCUT2D eigenvalue weighted by molar-refractivity contribution is 7.98. The Labute approximate surface area is 251 Å². The van der Waals surface area contributed by atoms with Crippen molar-refractivity contribution < 1.29 is 19.2 Å². The van der Waals surface area contributed by atoms with Gasteiger partial charge in [0.05, 0.1) is 29.9 Å². The summed E-state index contributed by atoms with van der Waals surface area (Å²) in [7, 11) is 1.36. The number of para-hydroxylation sites is 2. The molecule has 216 valence electrons. The number of nitrogens with zero attached hydrogens (tertiary/aromatic N) is 4. The molecule has 1 amide bonds. The number of benzene rings is 3. The molecule has 0 saturated heterocycles. The number of allylic oxidation sites excluding steroid dienone is 1. The number of aromatic nitrogens is 3. The van der Waals surface area contributed by atoms with Crippen LogP contribution < -0.4 is 20.1 Å². The Balaban J connectivity index is 1.56. The summed E-state index contributed by atoms with van der Waals surface area (Å²) in [5.41, 5.74) is 2.47. The highest BCUT2D eigenvalue weighted by Gasteiger charge is 2.36. The van der Waals surface area contributed by atoms with E-state index in [-0.39, 0.29) is 11.4 Å². The van der Waals surface area contributed by atoms with Crippen molar-refractivity contribution in [2.24, 2.45) is 0 Å². The molecule has 1 atom stereocenters. The van der Waals surface area contributed by atoms with Gasteiger partial charge in [-0.2, -0.15) is 4.98 Å². The van der Waals surface area contributed by atoms with E-state index < -0.39 is 16.9 Å². The van der Waals surface area contributed by atoms with Crippen LogP contribution in [0.15, 0.2) is 83.2 Å². The molecular weight excluding hydrogens is 580 g/mol. The third-order valence-corrected chi connectivity index (χ3v) is 7.80. The third-order valence-electron chi connectivity index (χ3n) is 6.54. The number of carbonyl (C=O) groups excluding carboxylic acids is 1. The van der Waals surface area contributed by atoms with E-state index >= 15 is 0 Å². The number of nitro groups is 1. The maximum atomic E-state index is 13.9. The maximum Gasteiger partial charge on any atom is 0.311 e. The summed E-state index contributed by atoms with van der Waals surface area (Å²) in [5.74, 6) is 1.11. The summed E-state index contributed by atoms with van der Waals surface area (Å²) >= 11 is 7.72. The Morgan fingerprint density at radius 2 is 1.93 bits per heavy atom. The molecule has 13 heteroatoms. The smallest absolute Gasteiger partial charge is 0.311 e. The number of amides is 1. The lowest BCUT2D eigenvalue weighted by Gasteiger charge is -2.28. The molecule has 4 aromatic rings. The van der Waals surface area contributed by atoms with E-state index in [2.05, 4.69) is 15.6 Å². The molecule has 0 fully saturated rings. The van der Waals surface area contributed by atoms with Crippen LogP contribution >= 0.6 is 23.4 Å². The zero-order valence-corrected chi connectivity index (χ0v) is 24.5. The first-order valence-corrected chi connectivity index (χ1v) is 14.3. The fourth-order valence-corrected chi connectivity index (χ4v) is 5.73. The number of ether oxygens (including phenoxy) is 2. The molecule has 2 N–H and O–H groups in total. The van der Waals surface area contributed by atoms with Crippen molar-refractivity contribution in [1.29, 1.82) is 0 Å². The standard InChI is InChI=1S/C29H27ClN6O5S/c1-4-41-23-12-8-7-11-21(23)32-27(37)25-17(2)31-28-33-29(42-16-19-9-5-6-10-20(19)30)34-35(28)26(25)18-13-14-24(40-3)22(15-18)36(38)39/h5-15,26H,4,16H2,1-3H3,(H,32,37)(H,31,33,34). The lowest BCUT2D eigenvalue weighted by Crippen LogP contribution is -2.31. The molecule has 1 aromatic heterocycles.